The molecule has 3 aromatic rings. The lowest BCUT2D eigenvalue weighted by molar-refractivity contribution is 0.424. The third-order valence-electron chi connectivity index (χ3n) is 3.41. The van der Waals surface area contributed by atoms with E-state index in [0.29, 0.717) is 0 Å². The van der Waals surface area contributed by atoms with Crippen LogP contribution in [0, 0.1) is 0 Å². The van der Waals surface area contributed by atoms with Crippen LogP contribution in [0.3, 0.4) is 0 Å². The number of benzene rings is 1. The predicted octanol–water partition coefficient (Wildman–Crippen LogP) is 3.31. The van der Waals surface area contributed by atoms with Crippen molar-refractivity contribution >= 4 is 11.0 Å². The van der Waals surface area contributed by atoms with E-state index in [1.807, 2.05) is 36.9 Å². The smallest absolute Gasteiger partial charge is 0.100 e. The first-order valence-electron chi connectivity index (χ1n) is 7.15. The largest absolute Gasteiger partial charge is 0.308 e. The standard InChI is InChI=1S/C17H20N4/c1-17(2,3)20-10-13-8-9-18-11-16(13)21-12-19-14-6-4-5-7-15(14)21/h4-9,11-12,20H,10H2,1-3H3. The Morgan fingerprint density at radius 2 is 1.95 bits per heavy atom. The van der Waals surface area contributed by atoms with E-state index in [2.05, 4.69) is 52.8 Å². The fourth-order valence-corrected chi connectivity index (χ4v) is 2.29. The van der Waals surface area contributed by atoms with E-state index in [9.17, 15) is 0 Å². The summed E-state index contributed by atoms with van der Waals surface area (Å²) in [6.45, 7) is 7.30. The van der Waals surface area contributed by atoms with Gasteiger partial charge in [-0.2, -0.15) is 0 Å². The maximum Gasteiger partial charge on any atom is 0.100 e. The highest BCUT2D eigenvalue weighted by Gasteiger charge is 2.12. The number of nitrogens with zero attached hydrogens (tertiary/aromatic N) is 3. The molecule has 2 heterocycles. The zero-order valence-corrected chi connectivity index (χ0v) is 12.7. The topological polar surface area (TPSA) is 42.7 Å². The molecule has 0 aliphatic rings. The Kier molecular flexibility index (Phi) is 3.47. The molecule has 0 saturated carbocycles. The second kappa shape index (κ2) is 5.30. The number of aromatic nitrogens is 3. The second-order valence-electron chi connectivity index (χ2n) is 6.21. The van der Waals surface area contributed by atoms with Crippen molar-refractivity contribution in [2.24, 2.45) is 0 Å². The summed E-state index contributed by atoms with van der Waals surface area (Å²) in [5, 5.41) is 3.53. The fourth-order valence-electron chi connectivity index (χ4n) is 2.29. The molecule has 0 unspecified atom stereocenters. The summed E-state index contributed by atoms with van der Waals surface area (Å²) in [5.41, 5.74) is 4.46. The third kappa shape index (κ3) is 2.95. The van der Waals surface area contributed by atoms with Gasteiger partial charge in [0.05, 0.1) is 22.9 Å². The van der Waals surface area contributed by atoms with Crippen molar-refractivity contribution in [3.63, 3.8) is 0 Å². The number of nitrogens with one attached hydrogen (secondary N) is 1. The van der Waals surface area contributed by atoms with E-state index in [1.54, 1.807) is 0 Å². The van der Waals surface area contributed by atoms with E-state index < -0.39 is 0 Å². The predicted molar refractivity (Wildman–Crippen MR) is 85.5 cm³/mol. The van der Waals surface area contributed by atoms with Gasteiger partial charge >= 0.3 is 0 Å². The number of hydrogen-bond donors (Lipinski definition) is 1. The van der Waals surface area contributed by atoms with Crippen LogP contribution < -0.4 is 5.32 Å². The van der Waals surface area contributed by atoms with Gasteiger partial charge in [-0.3, -0.25) is 9.55 Å². The van der Waals surface area contributed by atoms with Gasteiger partial charge in [-0.1, -0.05) is 12.1 Å². The molecule has 0 spiro atoms. The molecule has 21 heavy (non-hydrogen) atoms. The lowest BCUT2D eigenvalue weighted by Crippen LogP contribution is -2.35. The van der Waals surface area contributed by atoms with Crippen molar-refractivity contribution in [1.29, 1.82) is 0 Å². The normalized spacial score (nSPS) is 12.0. The first kappa shape index (κ1) is 13.8. The van der Waals surface area contributed by atoms with Gasteiger partial charge in [0, 0.05) is 18.3 Å². The highest BCUT2D eigenvalue weighted by molar-refractivity contribution is 5.77. The minimum absolute atomic E-state index is 0.0809. The molecule has 108 valence electrons. The van der Waals surface area contributed by atoms with Crippen LogP contribution in [0.1, 0.15) is 26.3 Å². The summed E-state index contributed by atoms with van der Waals surface area (Å²) in [5.74, 6) is 0. The van der Waals surface area contributed by atoms with Crippen molar-refractivity contribution < 1.29 is 0 Å². The molecule has 1 N–H and O–H groups in total. The zero-order valence-electron chi connectivity index (χ0n) is 12.7. The number of fused-ring (bicyclic) bond motifs is 1. The molecule has 4 nitrogen and oxygen atoms in total. The van der Waals surface area contributed by atoms with Crippen LogP contribution in [0.4, 0.5) is 0 Å². The van der Waals surface area contributed by atoms with Crippen LogP contribution in [-0.2, 0) is 6.54 Å². The van der Waals surface area contributed by atoms with Crippen LogP contribution in [0.5, 0.6) is 0 Å². The van der Waals surface area contributed by atoms with Gasteiger partial charge in [0.15, 0.2) is 0 Å². The molecule has 0 aliphatic heterocycles. The van der Waals surface area contributed by atoms with Crippen LogP contribution in [-0.4, -0.2) is 20.1 Å². The number of rotatable bonds is 3. The van der Waals surface area contributed by atoms with Crippen LogP contribution in [0.2, 0.25) is 0 Å². The summed E-state index contributed by atoms with van der Waals surface area (Å²) in [6, 6.07) is 10.2. The van der Waals surface area contributed by atoms with Gasteiger partial charge in [0.2, 0.25) is 0 Å². The van der Waals surface area contributed by atoms with Gasteiger partial charge in [-0.05, 0) is 44.5 Å². The Hall–Kier alpha value is -2.20. The van der Waals surface area contributed by atoms with E-state index in [-0.39, 0.29) is 5.54 Å². The monoisotopic (exact) mass is 280 g/mol. The van der Waals surface area contributed by atoms with Crippen molar-refractivity contribution in [2.45, 2.75) is 32.9 Å². The Morgan fingerprint density at radius 3 is 2.76 bits per heavy atom. The summed E-state index contributed by atoms with van der Waals surface area (Å²) < 4.78 is 2.10. The quantitative estimate of drug-likeness (QED) is 0.800. The Balaban J connectivity index is 2.02. The summed E-state index contributed by atoms with van der Waals surface area (Å²) in [4.78, 5) is 8.74. The molecule has 1 aromatic carbocycles. The van der Waals surface area contributed by atoms with Crippen molar-refractivity contribution in [3.05, 3.63) is 54.6 Å². The zero-order chi connectivity index (χ0) is 14.9. The van der Waals surface area contributed by atoms with Crippen LogP contribution in [0.25, 0.3) is 16.7 Å². The Morgan fingerprint density at radius 1 is 1.14 bits per heavy atom. The van der Waals surface area contributed by atoms with Gasteiger partial charge in [-0.15, -0.1) is 0 Å². The Labute approximate surface area is 124 Å². The summed E-state index contributed by atoms with van der Waals surface area (Å²) >= 11 is 0. The minimum Gasteiger partial charge on any atom is -0.308 e. The first-order valence-corrected chi connectivity index (χ1v) is 7.15. The molecule has 4 heteroatoms. The number of pyridine rings is 1. The number of imidazole rings is 1. The first-order chi connectivity index (χ1) is 10.0. The molecular weight excluding hydrogens is 260 g/mol. The van der Waals surface area contributed by atoms with Gasteiger partial charge in [0.1, 0.15) is 6.33 Å². The molecule has 0 saturated heterocycles. The van der Waals surface area contributed by atoms with E-state index >= 15 is 0 Å². The van der Waals surface area contributed by atoms with Crippen molar-refractivity contribution in [2.75, 3.05) is 0 Å². The van der Waals surface area contributed by atoms with E-state index in [0.717, 1.165) is 23.3 Å². The maximum absolute atomic E-state index is 4.46. The Bertz CT molecular complexity index is 753. The molecule has 0 atom stereocenters. The van der Waals surface area contributed by atoms with Crippen molar-refractivity contribution in [3.8, 4) is 5.69 Å². The highest BCUT2D eigenvalue weighted by atomic mass is 15.1. The van der Waals surface area contributed by atoms with E-state index in [1.165, 1.54) is 5.56 Å². The second-order valence-corrected chi connectivity index (χ2v) is 6.21. The van der Waals surface area contributed by atoms with Crippen LogP contribution in [0.15, 0.2) is 49.1 Å². The highest BCUT2D eigenvalue weighted by Crippen LogP contribution is 2.20. The SMILES string of the molecule is CC(C)(C)NCc1ccncc1-n1cnc2ccccc21. The molecule has 0 fully saturated rings. The molecule has 0 amide bonds. The lowest BCUT2D eigenvalue weighted by atomic mass is 10.1. The minimum atomic E-state index is 0.0809. The van der Waals surface area contributed by atoms with E-state index in [4.69, 9.17) is 0 Å². The van der Waals surface area contributed by atoms with Gasteiger partial charge in [0.25, 0.3) is 0 Å². The molecule has 3 rings (SSSR count). The fraction of sp³-hybridized carbons (Fsp3) is 0.294. The van der Waals surface area contributed by atoms with Gasteiger partial charge < -0.3 is 5.32 Å². The maximum atomic E-state index is 4.46. The summed E-state index contributed by atoms with van der Waals surface area (Å²) in [6.07, 6.45) is 5.60. The van der Waals surface area contributed by atoms with Crippen molar-refractivity contribution in [1.82, 2.24) is 19.9 Å². The molecule has 0 bridgehead atoms. The average Bonchev–Trinajstić information content (AvgIpc) is 2.88. The molecular formula is C17H20N4. The number of para-hydroxylation sites is 2. The molecule has 2 aromatic heterocycles. The van der Waals surface area contributed by atoms with Crippen LogP contribution >= 0.6 is 0 Å². The molecule has 0 aliphatic carbocycles. The lowest BCUT2D eigenvalue weighted by Gasteiger charge is -2.21. The average molecular weight is 280 g/mol. The number of hydrogen-bond acceptors (Lipinski definition) is 3. The third-order valence-corrected chi connectivity index (χ3v) is 3.41. The molecule has 0 radical (unpaired) electrons. The summed E-state index contributed by atoms with van der Waals surface area (Å²) in [7, 11) is 0. The van der Waals surface area contributed by atoms with Gasteiger partial charge in [-0.25, -0.2) is 4.98 Å².